The molecule has 26 heavy (non-hydrogen) atoms. The van der Waals surface area contributed by atoms with Gasteiger partial charge in [0.2, 0.25) is 0 Å². The van der Waals surface area contributed by atoms with E-state index in [9.17, 15) is 0 Å². The number of ether oxygens (including phenoxy) is 1. The Morgan fingerprint density at radius 1 is 1.27 bits per heavy atom. The Labute approximate surface area is 160 Å². The second-order valence-corrected chi connectivity index (χ2v) is 7.70. The summed E-state index contributed by atoms with van der Waals surface area (Å²) in [7, 11) is 0. The molecule has 1 atom stereocenters. The topological polar surface area (TPSA) is 57.1 Å². The van der Waals surface area contributed by atoms with E-state index in [0.29, 0.717) is 11.5 Å². The number of nitrogens with zero attached hydrogens (tertiary/aromatic N) is 1. The summed E-state index contributed by atoms with van der Waals surface area (Å²) in [5.41, 5.74) is 3.95. The molecule has 1 heterocycles. The van der Waals surface area contributed by atoms with Crippen LogP contribution in [0.25, 0.3) is 0 Å². The van der Waals surface area contributed by atoms with E-state index in [2.05, 4.69) is 55.7 Å². The first-order chi connectivity index (χ1) is 12.4. The van der Waals surface area contributed by atoms with Gasteiger partial charge in [-0.15, -0.1) is 0 Å². The van der Waals surface area contributed by atoms with Crippen LogP contribution in [0, 0.1) is 18.3 Å². The number of anilines is 1. The highest BCUT2D eigenvalue weighted by atomic mass is 32.1. The lowest BCUT2D eigenvalue weighted by atomic mass is 9.89. The Morgan fingerprint density at radius 2 is 2.00 bits per heavy atom. The van der Waals surface area contributed by atoms with Crippen LogP contribution in [0.5, 0.6) is 5.75 Å². The van der Waals surface area contributed by atoms with Crippen molar-refractivity contribution in [3.05, 3.63) is 59.2 Å². The third-order valence-corrected chi connectivity index (χ3v) is 4.65. The molecular formula is C21H23N3OS. The van der Waals surface area contributed by atoms with Gasteiger partial charge in [-0.3, -0.25) is 0 Å². The summed E-state index contributed by atoms with van der Waals surface area (Å²) in [5, 5.41) is 16.0. The van der Waals surface area contributed by atoms with Crippen molar-refractivity contribution in [1.29, 1.82) is 5.26 Å². The van der Waals surface area contributed by atoms with Crippen molar-refractivity contribution in [3.8, 4) is 11.8 Å². The Balaban J connectivity index is 1.72. The zero-order valence-corrected chi connectivity index (χ0v) is 16.1. The van der Waals surface area contributed by atoms with E-state index < -0.39 is 0 Å². The number of fused-ring (bicyclic) bond motifs is 1. The fourth-order valence-corrected chi connectivity index (χ4v) is 3.47. The molecule has 0 aliphatic carbocycles. The predicted molar refractivity (Wildman–Crippen MR) is 108 cm³/mol. The van der Waals surface area contributed by atoms with Crippen molar-refractivity contribution >= 4 is 23.0 Å². The van der Waals surface area contributed by atoms with Gasteiger partial charge in [-0.1, -0.05) is 24.3 Å². The van der Waals surface area contributed by atoms with Crippen LogP contribution in [0.4, 0.5) is 5.69 Å². The number of hydrogen-bond donors (Lipinski definition) is 2. The highest BCUT2D eigenvalue weighted by Crippen LogP contribution is 2.39. The molecule has 0 radical (unpaired) electrons. The first kappa shape index (κ1) is 18.2. The smallest absolute Gasteiger partial charge is 0.171 e. The van der Waals surface area contributed by atoms with Crippen molar-refractivity contribution in [1.82, 2.24) is 5.32 Å². The van der Waals surface area contributed by atoms with E-state index in [0.717, 1.165) is 29.0 Å². The Kier molecular flexibility index (Phi) is 5.15. The number of hydrogen-bond acceptors (Lipinski definition) is 3. The number of rotatable bonds is 3. The van der Waals surface area contributed by atoms with E-state index in [-0.39, 0.29) is 11.6 Å². The van der Waals surface area contributed by atoms with Gasteiger partial charge in [0.05, 0.1) is 18.5 Å². The maximum atomic E-state index is 8.75. The average Bonchev–Trinajstić information content (AvgIpc) is 2.55. The summed E-state index contributed by atoms with van der Waals surface area (Å²) >= 11 is 5.52. The van der Waals surface area contributed by atoms with Crippen LogP contribution in [0.15, 0.2) is 42.5 Å². The van der Waals surface area contributed by atoms with E-state index in [1.54, 1.807) is 0 Å². The van der Waals surface area contributed by atoms with Gasteiger partial charge in [-0.25, -0.2) is 0 Å². The molecule has 4 nitrogen and oxygen atoms in total. The minimum absolute atomic E-state index is 0.0900. The monoisotopic (exact) mass is 365 g/mol. The van der Waals surface area contributed by atoms with Gasteiger partial charge in [-0.2, -0.15) is 5.26 Å². The molecule has 2 N–H and O–H groups in total. The molecule has 0 fully saturated rings. The largest absolute Gasteiger partial charge is 0.487 e. The second-order valence-electron chi connectivity index (χ2n) is 7.29. The van der Waals surface area contributed by atoms with Crippen LogP contribution in [0.2, 0.25) is 0 Å². The number of nitrogens with one attached hydrogen (secondary N) is 2. The predicted octanol–water partition coefficient (Wildman–Crippen LogP) is 4.65. The summed E-state index contributed by atoms with van der Waals surface area (Å²) in [5.74, 6) is 0.919. The standard InChI is InChI=1S/C21H23N3OS/c1-14-4-9-17-18(13-21(2,3)25-19(17)12-14)24-20(26)23-16-7-5-15(6-8-16)10-11-22/h4-9,12,18H,10,13H2,1-3H3,(H2,23,24,26). The van der Waals surface area contributed by atoms with E-state index in [1.165, 1.54) is 5.56 Å². The number of thiocarbonyl (C=S) groups is 1. The Morgan fingerprint density at radius 3 is 2.69 bits per heavy atom. The van der Waals surface area contributed by atoms with E-state index in [1.807, 2.05) is 24.3 Å². The summed E-state index contributed by atoms with van der Waals surface area (Å²) in [6, 6.07) is 16.3. The highest BCUT2D eigenvalue weighted by molar-refractivity contribution is 7.80. The van der Waals surface area contributed by atoms with Crippen LogP contribution in [0.3, 0.4) is 0 Å². The molecule has 2 aromatic carbocycles. The molecule has 1 aliphatic rings. The van der Waals surface area contributed by atoms with Crippen LogP contribution in [-0.2, 0) is 6.42 Å². The van der Waals surface area contributed by atoms with E-state index in [4.69, 9.17) is 22.2 Å². The molecule has 134 valence electrons. The summed E-state index contributed by atoms with van der Waals surface area (Å²) in [6.45, 7) is 6.25. The van der Waals surface area contributed by atoms with Crippen LogP contribution in [-0.4, -0.2) is 10.7 Å². The average molecular weight is 366 g/mol. The van der Waals surface area contributed by atoms with Gasteiger partial charge in [0.15, 0.2) is 5.11 Å². The first-order valence-corrected chi connectivity index (χ1v) is 9.10. The fraction of sp³-hybridized carbons (Fsp3) is 0.333. The molecule has 0 saturated heterocycles. The summed E-state index contributed by atoms with van der Waals surface area (Å²) in [6.07, 6.45) is 1.24. The van der Waals surface area contributed by atoms with Gasteiger partial charge in [0.25, 0.3) is 0 Å². The van der Waals surface area contributed by atoms with Gasteiger partial charge >= 0.3 is 0 Å². The Hall–Kier alpha value is -2.58. The van der Waals surface area contributed by atoms with Gasteiger partial charge in [-0.05, 0) is 62.3 Å². The van der Waals surface area contributed by atoms with E-state index >= 15 is 0 Å². The molecule has 2 aromatic rings. The Bertz CT molecular complexity index is 853. The van der Waals surface area contributed by atoms with Crippen molar-refractivity contribution in [2.75, 3.05) is 5.32 Å². The number of aryl methyl sites for hydroxylation is 1. The normalized spacial score (nSPS) is 17.4. The molecule has 0 bridgehead atoms. The molecule has 5 heteroatoms. The maximum Gasteiger partial charge on any atom is 0.171 e. The third-order valence-electron chi connectivity index (χ3n) is 4.43. The molecular weight excluding hydrogens is 342 g/mol. The van der Waals surface area contributed by atoms with Gasteiger partial charge < -0.3 is 15.4 Å². The second kappa shape index (κ2) is 7.35. The lowest BCUT2D eigenvalue weighted by molar-refractivity contribution is 0.0696. The summed E-state index contributed by atoms with van der Waals surface area (Å²) < 4.78 is 6.14. The number of nitriles is 1. The molecule has 1 aliphatic heterocycles. The molecule has 1 unspecified atom stereocenters. The lowest BCUT2D eigenvalue weighted by Gasteiger charge is -2.38. The van der Waals surface area contributed by atoms with Gasteiger partial charge in [0, 0.05) is 17.7 Å². The zero-order valence-electron chi connectivity index (χ0n) is 15.3. The molecule has 0 aromatic heterocycles. The van der Waals surface area contributed by atoms with Crippen LogP contribution in [0.1, 0.15) is 43.0 Å². The highest BCUT2D eigenvalue weighted by Gasteiger charge is 2.34. The minimum Gasteiger partial charge on any atom is -0.487 e. The molecule has 0 saturated carbocycles. The summed E-state index contributed by atoms with van der Waals surface area (Å²) in [4.78, 5) is 0. The van der Waals surface area contributed by atoms with Crippen LogP contribution < -0.4 is 15.4 Å². The molecule has 3 rings (SSSR count). The number of benzene rings is 2. The quantitative estimate of drug-likeness (QED) is 0.776. The van der Waals surface area contributed by atoms with Crippen molar-refractivity contribution < 1.29 is 4.74 Å². The van der Waals surface area contributed by atoms with Crippen molar-refractivity contribution in [3.63, 3.8) is 0 Å². The fourth-order valence-electron chi connectivity index (χ4n) is 3.21. The lowest BCUT2D eigenvalue weighted by Crippen LogP contribution is -2.42. The van der Waals surface area contributed by atoms with Crippen molar-refractivity contribution in [2.45, 2.75) is 45.3 Å². The van der Waals surface area contributed by atoms with Crippen molar-refractivity contribution in [2.24, 2.45) is 0 Å². The maximum absolute atomic E-state index is 8.75. The zero-order chi connectivity index (χ0) is 18.7. The molecule has 0 spiro atoms. The molecule has 0 amide bonds. The van der Waals surface area contributed by atoms with Gasteiger partial charge in [0.1, 0.15) is 11.4 Å². The van der Waals surface area contributed by atoms with Crippen LogP contribution >= 0.6 is 12.2 Å². The first-order valence-electron chi connectivity index (χ1n) is 8.69. The third kappa shape index (κ3) is 4.33. The minimum atomic E-state index is -0.257. The SMILES string of the molecule is Cc1ccc2c(c1)OC(C)(C)CC2NC(=S)Nc1ccc(CC#N)cc1.